The molecular formula is C14H17BrN2O2S. The maximum absolute atomic E-state index is 12.6. The lowest BCUT2D eigenvalue weighted by atomic mass is 10.0. The number of likely N-dealkylation sites (N-methyl/N-ethyl adjacent to an activating group) is 1. The maximum atomic E-state index is 12.6. The van der Waals surface area contributed by atoms with Crippen LogP contribution in [0.2, 0.25) is 0 Å². The third-order valence-corrected chi connectivity index (χ3v) is 5.31. The van der Waals surface area contributed by atoms with Crippen LogP contribution in [0.15, 0.2) is 22.7 Å². The molecule has 0 saturated carbocycles. The van der Waals surface area contributed by atoms with Gasteiger partial charge in [-0.15, -0.1) is 11.3 Å². The number of halogens is 1. The highest BCUT2D eigenvalue weighted by atomic mass is 79.9. The molecule has 0 aliphatic carbocycles. The Balaban J connectivity index is 2.51. The summed E-state index contributed by atoms with van der Waals surface area (Å²) in [7, 11) is 1.68. The summed E-state index contributed by atoms with van der Waals surface area (Å²) in [5.74, 6) is -0.172. The van der Waals surface area contributed by atoms with E-state index in [1.807, 2.05) is 32.0 Å². The van der Waals surface area contributed by atoms with Crippen LogP contribution in [0.5, 0.6) is 0 Å². The lowest BCUT2D eigenvalue weighted by Gasteiger charge is -2.33. The van der Waals surface area contributed by atoms with Crippen molar-refractivity contribution in [2.24, 2.45) is 0 Å². The molecule has 0 unspecified atom stereocenters. The van der Waals surface area contributed by atoms with Crippen molar-refractivity contribution in [3.05, 3.63) is 27.5 Å². The highest BCUT2D eigenvalue weighted by molar-refractivity contribution is 9.10. The minimum atomic E-state index is -0.628. The van der Waals surface area contributed by atoms with Gasteiger partial charge in [-0.25, -0.2) is 0 Å². The molecule has 108 valence electrons. The van der Waals surface area contributed by atoms with E-state index in [1.165, 1.54) is 16.2 Å². The van der Waals surface area contributed by atoms with Crippen molar-refractivity contribution in [1.29, 1.82) is 0 Å². The van der Waals surface area contributed by atoms with Crippen LogP contribution in [0.3, 0.4) is 0 Å². The molecule has 0 fully saturated rings. The molecule has 1 amide bonds. The van der Waals surface area contributed by atoms with Crippen LogP contribution in [0.25, 0.3) is 10.1 Å². The molecule has 2 rings (SSSR count). The summed E-state index contributed by atoms with van der Waals surface area (Å²) in [5, 5.41) is 10.3. The summed E-state index contributed by atoms with van der Waals surface area (Å²) >= 11 is 4.84. The van der Waals surface area contributed by atoms with E-state index in [-0.39, 0.29) is 12.5 Å². The second-order valence-electron chi connectivity index (χ2n) is 5.29. The summed E-state index contributed by atoms with van der Waals surface area (Å²) in [6, 6.07) is 5.76. The van der Waals surface area contributed by atoms with E-state index in [0.717, 1.165) is 14.6 Å². The largest absolute Gasteiger partial charge is 0.397 e. The molecule has 0 aliphatic heterocycles. The predicted molar refractivity (Wildman–Crippen MR) is 87.2 cm³/mol. The van der Waals surface area contributed by atoms with E-state index >= 15 is 0 Å². The number of nitrogen functional groups attached to an aromatic ring is 1. The Morgan fingerprint density at radius 1 is 1.50 bits per heavy atom. The van der Waals surface area contributed by atoms with Gasteiger partial charge in [0, 0.05) is 21.6 Å². The standard InChI is InChI=1S/C14H17BrN2O2S/c1-14(2,7-18)17(3)13(19)12-11(16)10-8(15)5-4-6-9(10)20-12/h4-6,18H,7,16H2,1-3H3. The number of fused-ring (bicyclic) bond motifs is 1. The van der Waals surface area contributed by atoms with Crippen LogP contribution in [0, 0.1) is 0 Å². The van der Waals surface area contributed by atoms with Crippen molar-refractivity contribution in [3.63, 3.8) is 0 Å². The Hall–Kier alpha value is -1.11. The van der Waals surface area contributed by atoms with Crippen LogP contribution in [-0.2, 0) is 0 Å². The normalized spacial score (nSPS) is 11.8. The first-order chi connectivity index (χ1) is 9.29. The molecule has 4 nitrogen and oxygen atoms in total. The fourth-order valence-electron chi connectivity index (χ4n) is 1.82. The highest BCUT2D eigenvalue weighted by Gasteiger charge is 2.30. The summed E-state index contributed by atoms with van der Waals surface area (Å²) in [6.07, 6.45) is 0. The van der Waals surface area contributed by atoms with Crippen molar-refractivity contribution in [3.8, 4) is 0 Å². The van der Waals surface area contributed by atoms with Gasteiger partial charge in [0.2, 0.25) is 0 Å². The summed E-state index contributed by atoms with van der Waals surface area (Å²) in [5.41, 5.74) is 5.99. The topological polar surface area (TPSA) is 66.6 Å². The second-order valence-corrected chi connectivity index (χ2v) is 7.20. The van der Waals surface area contributed by atoms with E-state index in [0.29, 0.717) is 10.6 Å². The Morgan fingerprint density at radius 2 is 2.15 bits per heavy atom. The van der Waals surface area contributed by atoms with Crippen LogP contribution in [0.1, 0.15) is 23.5 Å². The van der Waals surface area contributed by atoms with Gasteiger partial charge in [-0.3, -0.25) is 4.79 Å². The number of rotatable bonds is 3. The van der Waals surface area contributed by atoms with E-state index in [4.69, 9.17) is 5.73 Å². The van der Waals surface area contributed by atoms with Gasteiger partial charge in [0.25, 0.3) is 5.91 Å². The minimum Gasteiger partial charge on any atom is -0.397 e. The lowest BCUT2D eigenvalue weighted by molar-refractivity contribution is 0.0479. The van der Waals surface area contributed by atoms with Crippen molar-refractivity contribution in [2.75, 3.05) is 19.4 Å². The van der Waals surface area contributed by atoms with Gasteiger partial charge in [0.1, 0.15) is 4.88 Å². The van der Waals surface area contributed by atoms with E-state index < -0.39 is 5.54 Å². The average molecular weight is 357 g/mol. The van der Waals surface area contributed by atoms with Crippen LogP contribution in [-0.4, -0.2) is 35.1 Å². The quantitative estimate of drug-likeness (QED) is 0.887. The Kier molecular flexibility index (Phi) is 4.09. The fraction of sp³-hybridized carbons (Fsp3) is 0.357. The predicted octanol–water partition coefficient (Wildman–Crippen LogP) is 3.09. The number of carbonyl (C=O) groups excluding carboxylic acids is 1. The van der Waals surface area contributed by atoms with Gasteiger partial charge in [-0.05, 0) is 26.0 Å². The zero-order chi connectivity index (χ0) is 15.1. The number of hydrogen-bond acceptors (Lipinski definition) is 4. The van der Waals surface area contributed by atoms with Gasteiger partial charge >= 0.3 is 0 Å². The van der Waals surface area contributed by atoms with Gasteiger partial charge < -0.3 is 15.7 Å². The second kappa shape index (κ2) is 5.35. The highest BCUT2D eigenvalue weighted by Crippen LogP contribution is 2.39. The first-order valence-electron chi connectivity index (χ1n) is 6.15. The number of thiophene rings is 1. The third kappa shape index (κ3) is 2.43. The molecule has 1 aromatic heterocycles. The number of aliphatic hydroxyl groups excluding tert-OH is 1. The number of hydrogen-bond donors (Lipinski definition) is 2. The van der Waals surface area contributed by atoms with E-state index in [2.05, 4.69) is 15.9 Å². The molecule has 0 aliphatic rings. The average Bonchev–Trinajstić information content (AvgIpc) is 2.75. The Labute approximate surface area is 130 Å². The number of nitrogens with two attached hydrogens (primary N) is 1. The summed E-state index contributed by atoms with van der Waals surface area (Å²) in [4.78, 5) is 14.6. The molecule has 1 heterocycles. The molecule has 0 atom stereocenters. The number of nitrogens with zero attached hydrogens (tertiary/aromatic N) is 1. The van der Waals surface area contributed by atoms with Crippen LogP contribution < -0.4 is 5.73 Å². The smallest absolute Gasteiger partial charge is 0.266 e. The molecule has 1 aromatic carbocycles. The first kappa shape index (κ1) is 15.3. The number of amides is 1. The molecular weight excluding hydrogens is 340 g/mol. The number of aliphatic hydroxyl groups is 1. The molecule has 6 heteroatoms. The monoisotopic (exact) mass is 356 g/mol. The van der Waals surface area contributed by atoms with Crippen molar-refractivity contribution in [2.45, 2.75) is 19.4 Å². The number of carbonyl (C=O) groups is 1. The lowest BCUT2D eigenvalue weighted by Crippen LogP contribution is -2.47. The third-order valence-electron chi connectivity index (χ3n) is 3.50. The summed E-state index contributed by atoms with van der Waals surface area (Å²) < 4.78 is 1.85. The molecule has 0 spiro atoms. The summed E-state index contributed by atoms with van der Waals surface area (Å²) in [6.45, 7) is 3.51. The minimum absolute atomic E-state index is 0.107. The molecule has 0 radical (unpaired) electrons. The van der Waals surface area contributed by atoms with E-state index in [9.17, 15) is 9.90 Å². The molecule has 3 N–H and O–H groups in total. The van der Waals surface area contributed by atoms with Crippen molar-refractivity contribution in [1.82, 2.24) is 4.90 Å². The first-order valence-corrected chi connectivity index (χ1v) is 7.76. The van der Waals surface area contributed by atoms with Crippen LogP contribution in [0.4, 0.5) is 5.69 Å². The zero-order valence-corrected chi connectivity index (χ0v) is 14.0. The zero-order valence-electron chi connectivity index (χ0n) is 11.6. The van der Waals surface area contributed by atoms with Gasteiger partial charge in [-0.2, -0.15) is 0 Å². The Bertz CT molecular complexity index is 666. The van der Waals surface area contributed by atoms with Crippen molar-refractivity contribution >= 4 is 48.9 Å². The molecule has 2 aromatic rings. The SMILES string of the molecule is CN(C(=O)c1sc2cccc(Br)c2c1N)C(C)(C)CO. The van der Waals surface area contributed by atoms with Crippen molar-refractivity contribution < 1.29 is 9.90 Å². The maximum Gasteiger partial charge on any atom is 0.266 e. The Morgan fingerprint density at radius 3 is 2.70 bits per heavy atom. The molecule has 20 heavy (non-hydrogen) atoms. The van der Waals surface area contributed by atoms with Gasteiger partial charge in [-0.1, -0.05) is 22.0 Å². The van der Waals surface area contributed by atoms with E-state index in [1.54, 1.807) is 7.05 Å². The number of anilines is 1. The van der Waals surface area contributed by atoms with Gasteiger partial charge in [0.15, 0.2) is 0 Å². The molecule has 0 saturated heterocycles. The molecule has 0 bridgehead atoms. The van der Waals surface area contributed by atoms with Gasteiger partial charge in [0.05, 0.1) is 17.8 Å². The number of benzene rings is 1. The van der Waals surface area contributed by atoms with Crippen LogP contribution >= 0.6 is 27.3 Å². The fourth-order valence-corrected chi connectivity index (χ4v) is 3.66.